The topological polar surface area (TPSA) is 75.9 Å². The van der Waals surface area contributed by atoms with Gasteiger partial charge in [0, 0.05) is 26.7 Å². The molecule has 0 fully saturated rings. The fourth-order valence-corrected chi connectivity index (χ4v) is 1.91. The molecule has 0 bridgehead atoms. The van der Waals surface area contributed by atoms with Crippen molar-refractivity contribution in [1.29, 1.82) is 0 Å². The third-order valence-corrected chi connectivity index (χ3v) is 3.11. The summed E-state index contributed by atoms with van der Waals surface area (Å²) < 4.78 is 39.4. The third-order valence-electron chi connectivity index (χ3n) is 3.11. The summed E-state index contributed by atoms with van der Waals surface area (Å²) >= 11 is 0. The minimum Gasteiger partial charge on any atom is -0.361 e. The Morgan fingerprint density at radius 1 is 1.26 bits per heavy atom. The molecular weight excluding hydrogens is 313 g/mol. The van der Waals surface area contributed by atoms with Crippen LogP contribution in [-0.4, -0.2) is 39.8 Å². The molecule has 0 atom stereocenters. The van der Waals surface area contributed by atoms with Gasteiger partial charge in [0.25, 0.3) is 5.91 Å². The molecule has 2 rings (SSSR count). The van der Waals surface area contributed by atoms with E-state index in [-0.39, 0.29) is 17.1 Å². The Morgan fingerprint density at radius 2 is 1.91 bits per heavy atom. The highest BCUT2D eigenvalue weighted by Crippen LogP contribution is 2.33. The van der Waals surface area contributed by atoms with Gasteiger partial charge in [-0.25, -0.2) is 9.97 Å². The van der Waals surface area contributed by atoms with Crippen LogP contribution in [0.5, 0.6) is 0 Å². The second-order valence-electron chi connectivity index (χ2n) is 5.05. The maximum atomic E-state index is 12.8. The minimum atomic E-state index is -4.59. The summed E-state index contributed by atoms with van der Waals surface area (Å²) in [5, 5.41) is 5.78. The number of nitrogens with zero attached hydrogens (tertiary/aromatic N) is 5. The van der Waals surface area contributed by atoms with E-state index in [1.54, 1.807) is 19.0 Å². The number of aryl methyl sites for hydroxylation is 1. The van der Waals surface area contributed by atoms with Crippen molar-refractivity contribution in [2.45, 2.75) is 13.1 Å². The Morgan fingerprint density at radius 3 is 2.35 bits per heavy atom. The second kappa shape index (κ2) is 5.86. The first-order valence-corrected chi connectivity index (χ1v) is 6.52. The summed E-state index contributed by atoms with van der Waals surface area (Å²) in [6.45, 7) is 1.24. The summed E-state index contributed by atoms with van der Waals surface area (Å²) in [5.41, 5.74) is -1.21. The first kappa shape index (κ1) is 16.7. The summed E-state index contributed by atoms with van der Waals surface area (Å²) in [6, 6.07) is 0. The zero-order valence-electron chi connectivity index (χ0n) is 12.9. The van der Waals surface area contributed by atoms with E-state index in [4.69, 9.17) is 0 Å². The third kappa shape index (κ3) is 3.41. The van der Waals surface area contributed by atoms with Crippen LogP contribution in [0.2, 0.25) is 0 Å². The number of hydrogen-bond donors (Lipinski definition) is 1. The number of alkyl halides is 3. The van der Waals surface area contributed by atoms with Crippen molar-refractivity contribution in [2.75, 3.05) is 24.3 Å². The van der Waals surface area contributed by atoms with Crippen LogP contribution in [0.15, 0.2) is 12.4 Å². The molecular formula is C13H15F3N6O. The van der Waals surface area contributed by atoms with Crippen LogP contribution in [0.3, 0.4) is 0 Å². The van der Waals surface area contributed by atoms with Crippen molar-refractivity contribution in [3.63, 3.8) is 0 Å². The maximum absolute atomic E-state index is 12.8. The monoisotopic (exact) mass is 328 g/mol. The summed E-state index contributed by atoms with van der Waals surface area (Å²) in [7, 11) is 4.85. The van der Waals surface area contributed by atoms with Gasteiger partial charge in [-0.15, -0.1) is 0 Å². The lowest BCUT2D eigenvalue weighted by Crippen LogP contribution is -2.18. The van der Waals surface area contributed by atoms with Gasteiger partial charge in [0.1, 0.15) is 17.3 Å². The van der Waals surface area contributed by atoms with E-state index in [9.17, 15) is 18.0 Å². The van der Waals surface area contributed by atoms with E-state index in [1.807, 2.05) is 0 Å². The van der Waals surface area contributed by atoms with E-state index < -0.39 is 17.8 Å². The predicted molar refractivity (Wildman–Crippen MR) is 77.3 cm³/mol. The fourth-order valence-electron chi connectivity index (χ4n) is 1.91. The first-order chi connectivity index (χ1) is 10.6. The van der Waals surface area contributed by atoms with Crippen LogP contribution in [0.4, 0.5) is 24.8 Å². The molecule has 2 heterocycles. The van der Waals surface area contributed by atoms with Crippen molar-refractivity contribution in [3.8, 4) is 0 Å². The van der Waals surface area contributed by atoms with Crippen LogP contribution in [0, 0.1) is 6.92 Å². The van der Waals surface area contributed by atoms with E-state index in [1.165, 1.54) is 26.4 Å². The second-order valence-corrected chi connectivity index (χ2v) is 5.05. The molecule has 10 heteroatoms. The lowest BCUT2D eigenvalue weighted by molar-refractivity contribution is -0.141. The molecule has 2 aromatic rings. The Hall–Kier alpha value is -2.65. The number of carbonyl (C=O) groups excluding carboxylic acids is 1. The van der Waals surface area contributed by atoms with Crippen LogP contribution in [0.1, 0.15) is 21.7 Å². The highest BCUT2D eigenvalue weighted by molar-refractivity contribution is 6.02. The number of carbonyl (C=O) groups is 1. The van der Waals surface area contributed by atoms with E-state index in [0.717, 1.165) is 4.68 Å². The number of rotatable bonds is 3. The summed E-state index contributed by atoms with van der Waals surface area (Å²) in [5.74, 6) is -0.152. The lowest BCUT2D eigenvalue weighted by Gasteiger charge is -2.11. The molecule has 0 aliphatic rings. The number of halogens is 3. The Kier molecular flexibility index (Phi) is 4.26. The molecule has 0 aliphatic carbocycles. The molecule has 0 saturated carbocycles. The van der Waals surface area contributed by atoms with Crippen molar-refractivity contribution >= 4 is 17.5 Å². The van der Waals surface area contributed by atoms with Gasteiger partial charge >= 0.3 is 6.18 Å². The van der Waals surface area contributed by atoms with Gasteiger partial charge in [-0.3, -0.25) is 9.48 Å². The molecule has 0 spiro atoms. The number of hydrogen-bond acceptors (Lipinski definition) is 5. The van der Waals surface area contributed by atoms with Gasteiger partial charge in [-0.05, 0) is 6.92 Å². The minimum absolute atomic E-state index is 0.00948. The van der Waals surface area contributed by atoms with Gasteiger partial charge < -0.3 is 10.2 Å². The van der Waals surface area contributed by atoms with Crippen LogP contribution in [0.25, 0.3) is 0 Å². The molecule has 1 N–H and O–H groups in total. The molecule has 0 aromatic carbocycles. The van der Waals surface area contributed by atoms with E-state index in [2.05, 4.69) is 20.4 Å². The number of amides is 1. The van der Waals surface area contributed by atoms with Crippen molar-refractivity contribution in [3.05, 3.63) is 29.3 Å². The number of nitrogens with one attached hydrogen (secondary N) is 1. The molecule has 0 radical (unpaired) electrons. The Balaban J connectivity index is 2.25. The number of aromatic nitrogens is 4. The van der Waals surface area contributed by atoms with Gasteiger partial charge in [0.15, 0.2) is 5.69 Å². The number of anilines is 2. The van der Waals surface area contributed by atoms with Crippen LogP contribution < -0.4 is 10.2 Å². The zero-order valence-corrected chi connectivity index (χ0v) is 12.9. The van der Waals surface area contributed by atoms with E-state index >= 15 is 0 Å². The quantitative estimate of drug-likeness (QED) is 0.931. The van der Waals surface area contributed by atoms with Crippen molar-refractivity contribution in [2.24, 2.45) is 7.05 Å². The van der Waals surface area contributed by atoms with Crippen molar-refractivity contribution in [1.82, 2.24) is 19.7 Å². The molecule has 1 amide bonds. The smallest absolute Gasteiger partial charge is 0.361 e. The highest BCUT2D eigenvalue weighted by Gasteiger charge is 2.37. The molecule has 7 nitrogen and oxygen atoms in total. The molecule has 2 aromatic heterocycles. The Labute approximate surface area is 130 Å². The first-order valence-electron chi connectivity index (χ1n) is 6.52. The average Bonchev–Trinajstić information content (AvgIpc) is 2.75. The Bertz CT molecular complexity index is 721. The lowest BCUT2D eigenvalue weighted by atomic mass is 10.2. The normalized spacial score (nSPS) is 11.4. The highest BCUT2D eigenvalue weighted by atomic mass is 19.4. The largest absolute Gasteiger partial charge is 0.435 e. The van der Waals surface area contributed by atoms with Gasteiger partial charge in [-0.1, -0.05) is 0 Å². The molecule has 0 saturated heterocycles. The average molecular weight is 328 g/mol. The maximum Gasteiger partial charge on any atom is 0.435 e. The van der Waals surface area contributed by atoms with Crippen molar-refractivity contribution < 1.29 is 18.0 Å². The molecule has 0 unspecified atom stereocenters. The zero-order chi connectivity index (χ0) is 17.4. The van der Waals surface area contributed by atoms with Crippen LogP contribution >= 0.6 is 0 Å². The van der Waals surface area contributed by atoms with Gasteiger partial charge in [0.2, 0.25) is 0 Å². The van der Waals surface area contributed by atoms with Gasteiger partial charge in [0.05, 0.1) is 12.4 Å². The molecule has 0 aliphatic heterocycles. The standard InChI is InChI=1S/C13H15F3N6O/c1-7-10(13(14,15)16)20-22(4)11(7)19-12(23)8-5-18-9(6-17-8)21(2)3/h5-6H,1-4H3,(H,19,23). The molecule has 23 heavy (non-hydrogen) atoms. The molecule has 124 valence electrons. The SMILES string of the molecule is Cc1c(C(F)(F)F)nn(C)c1NC(=O)c1cnc(N(C)C)cn1. The van der Waals surface area contributed by atoms with E-state index in [0.29, 0.717) is 5.82 Å². The summed E-state index contributed by atoms with van der Waals surface area (Å²) in [4.78, 5) is 21.8. The van der Waals surface area contributed by atoms with Gasteiger partial charge in [-0.2, -0.15) is 18.3 Å². The predicted octanol–water partition coefficient (Wildman–Crippen LogP) is 1.86. The van der Waals surface area contributed by atoms with Crippen LogP contribution in [-0.2, 0) is 13.2 Å². The summed E-state index contributed by atoms with van der Waals surface area (Å²) in [6.07, 6.45) is -1.94. The fraction of sp³-hybridized carbons (Fsp3) is 0.385.